The predicted molar refractivity (Wildman–Crippen MR) is 88.7 cm³/mol. The molecule has 3 rings (SSSR count). The number of carbonyl (C=O) groups is 2. The number of hydrogen-bond acceptors (Lipinski definition) is 6. The van der Waals surface area contributed by atoms with Crippen LogP contribution < -0.4 is 0 Å². The molecule has 25 heavy (non-hydrogen) atoms. The molecule has 0 N–H and O–H groups in total. The van der Waals surface area contributed by atoms with Gasteiger partial charge in [0.15, 0.2) is 11.9 Å². The van der Waals surface area contributed by atoms with Crippen LogP contribution in [-0.2, 0) is 24.3 Å². The van der Waals surface area contributed by atoms with E-state index in [4.69, 9.17) is 9.47 Å². The lowest BCUT2D eigenvalue weighted by atomic mass is 9.96. The number of ether oxygens (including phenoxy) is 2. The standard InChI is InChI=1S/C17H21NO6S/c19-15-3-1-2-4-16(15)24-17(20)13-5-7-14(8-6-13)25(21,22)18-9-11-23-12-10-18/h5-8,16H,1-4,9-12H2/t16-/m0/s1. The lowest BCUT2D eigenvalue weighted by molar-refractivity contribution is -0.129. The van der Waals surface area contributed by atoms with Crippen molar-refractivity contribution >= 4 is 21.8 Å². The van der Waals surface area contributed by atoms with Crippen molar-refractivity contribution in [2.45, 2.75) is 36.7 Å². The number of ketones is 1. The molecule has 1 saturated carbocycles. The summed E-state index contributed by atoms with van der Waals surface area (Å²) in [6.45, 7) is 1.38. The maximum Gasteiger partial charge on any atom is 0.338 e. The van der Waals surface area contributed by atoms with E-state index in [0.29, 0.717) is 39.1 Å². The van der Waals surface area contributed by atoms with Crippen molar-refractivity contribution in [3.63, 3.8) is 0 Å². The number of Topliss-reactive ketones (excluding diaryl/α,β-unsaturated/α-hetero) is 1. The summed E-state index contributed by atoms with van der Waals surface area (Å²) in [6.07, 6.45) is 2.00. The van der Waals surface area contributed by atoms with Crippen molar-refractivity contribution in [1.82, 2.24) is 4.31 Å². The Hall–Kier alpha value is -1.77. The van der Waals surface area contributed by atoms with E-state index in [1.165, 1.54) is 28.6 Å². The van der Waals surface area contributed by atoms with Gasteiger partial charge in [0.25, 0.3) is 0 Å². The number of hydrogen-bond donors (Lipinski definition) is 0. The zero-order valence-corrected chi connectivity index (χ0v) is 14.7. The van der Waals surface area contributed by atoms with Crippen LogP contribution in [0.1, 0.15) is 36.0 Å². The molecule has 136 valence electrons. The van der Waals surface area contributed by atoms with Crippen molar-refractivity contribution in [3.8, 4) is 0 Å². The van der Waals surface area contributed by atoms with E-state index in [1.807, 2.05) is 0 Å². The first-order valence-corrected chi connectivity index (χ1v) is 9.84. The highest BCUT2D eigenvalue weighted by molar-refractivity contribution is 7.89. The van der Waals surface area contributed by atoms with Crippen molar-refractivity contribution < 1.29 is 27.5 Å². The summed E-state index contributed by atoms with van der Waals surface area (Å²) in [5.41, 5.74) is 0.235. The maximum atomic E-state index is 12.5. The summed E-state index contributed by atoms with van der Waals surface area (Å²) in [6, 6.07) is 5.63. The second-order valence-corrected chi connectivity index (χ2v) is 8.08. The Balaban J connectivity index is 1.69. The summed E-state index contributed by atoms with van der Waals surface area (Å²) in [5, 5.41) is 0. The summed E-state index contributed by atoms with van der Waals surface area (Å²) < 4.78 is 36.9. The lowest BCUT2D eigenvalue weighted by Gasteiger charge is -2.26. The molecule has 2 aliphatic rings. The molecule has 1 heterocycles. The minimum Gasteiger partial charge on any atom is -0.451 e. The molecule has 1 aliphatic carbocycles. The molecule has 0 aromatic heterocycles. The molecule has 1 aromatic rings. The Morgan fingerprint density at radius 1 is 1.12 bits per heavy atom. The fraction of sp³-hybridized carbons (Fsp3) is 0.529. The van der Waals surface area contributed by atoms with E-state index in [-0.39, 0.29) is 16.2 Å². The van der Waals surface area contributed by atoms with Gasteiger partial charge in [-0.05, 0) is 43.5 Å². The van der Waals surface area contributed by atoms with E-state index < -0.39 is 22.1 Å². The van der Waals surface area contributed by atoms with Crippen LogP contribution in [0.25, 0.3) is 0 Å². The topological polar surface area (TPSA) is 90.0 Å². The number of rotatable bonds is 4. The molecular weight excluding hydrogens is 346 g/mol. The zero-order chi connectivity index (χ0) is 17.9. The number of esters is 1. The monoisotopic (exact) mass is 367 g/mol. The molecule has 1 atom stereocenters. The molecule has 0 spiro atoms. The second kappa shape index (κ2) is 7.63. The minimum atomic E-state index is -3.59. The first-order chi connectivity index (χ1) is 12.0. The Morgan fingerprint density at radius 2 is 1.80 bits per heavy atom. The maximum absolute atomic E-state index is 12.5. The molecular formula is C17H21NO6S. The average Bonchev–Trinajstić information content (AvgIpc) is 2.64. The van der Waals surface area contributed by atoms with Crippen LogP contribution in [0.4, 0.5) is 0 Å². The van der Waals surface area contributed by atoms with Gasteiger partial charge in [-0.2, -0.15) is 4.31 Å². The third-order valence-electron chi connectivity index (χ3n) is 4.45. The van der Waals surface area contributed by atoms with Crippen LogP contribution in [0.15, 0.2) is 29.2 Å². The fourth-order valence-corrected chi connectivity index (χ4v) is 4.38. The Labute approximate surface area is 147 Å². The largest absolute Gasteiger partial charge is 0.451 e. The Bertz CT molecular complexity index is 737. The van der Waals surface area contributed by atoms with E-state index in [1.54, 1.807) is 0 Å². The molecule has 1 aliphatic heterocycles. The third-order valence-corrected chi connectivity index (χ3v) is 6.36. The highest BCUT2D eigenvalue weighted by Crippen LogP contribution is 2.21. The van der Waals surface area contributed by atoms with Gasteiger partial charge in [-0.15, -0.1) is 0 Å². The molecule has 1 saturated heterocycles. The Morgan fingerprint density at radius 3 is 2.44 bits per heavy atom. The van der Waals surface area contributed by atoms with Crippen LogP contribution in [0.5, 0.6) is 0 Å². The van der Waals surface area contributed by atoms with Gasteiger partial charge in [0.05, 0.1) is 23.7 Å². The molecule has 8 heteroatoms. The number of sulfonamides is 1. The van der Waals surface area contributed by atoms with Crippen LogP contribution in [0.2, 0.25) is 0 Å². The van der Waals surface area contributed by atoms with Crippen LogP contribution in [0.3, 0.4) is 0 Å². The highest BCUT2D eigenvalue weighted by Gasteiger charge is 2.28. The molecule has 0 radical (unpaired) electrons. The van der Waals surface area contributed by atoms with Crippen molar-refractivity contribution in [3.05, 3.63) is 29.8 Å². The summed E-state index contributed by atoms with van der Waals surface area (Å²) in [7, 11) is -3.59. The van der Waals surface area contributed by atoms with Gasteiger partial charge in [0.2, 0.25) is 10.0 Å². The molecule has 0 amide bonds. The van der Waals surface area contributed by atoms with E-state index in [2.05, 4.69) is 0 Å². The van der Waals surface area contributed by atoms with Crippen LogP contribution >= 0.6 is 0 Å². The van der Waals surface area contributed by atoms with Crippen LogP contribution in [0, 0.1) is 0 Å². The minimum absolute atomic E-state index is 0.0499. The normalized spacial score (nSPS) is 22.6. The second-order valence-electron chi connectivity index (χ2n) is 6.15. The average molecular weight is 367 g/mol. The smallest absolute Gasteiger partial charge is 0.338 e. The van der Waals surface area contributed by atoms with E-state index in [9.17, 15) is 18.0 Å². The van der Waals surface area contributed by atoms with E-state index in [0.717, 1.165) is 12.8 Å². The third kappa shape index (κ3) is 4.08. The summed E-state index contributed by atoms with van der Waals surface area (Å²) in [4.78, 5) is 24.0. The van der Waals surface area contributed by atoms with Gasteiger partial charge < -0.3 is 9.47 Å². The van der Waals surface area contributed by atoms with Gasteiger partial charge in [-0.1, -0.05) is 0 Å². The number of morpholine rings is 1. The number of benzene rings is 1. The predicted octanol–water partition coefficient (Wildman–Crippen LogP) is 1.38. The van der Waals surface area contributed by atoms with E-state index >= 15 is 0 Å². The molecule has 0 unspecified atom stereocenters. The van der Waals surface area contributed by atoms with Gasteiger partial charge in [0, 0.05) is 19.5 Å². The van der Waals surface area contributed by atoms with Crippen molar-refractivity contribution in [2.24, 2.45) is 0 Å². The highest BCUT2D eigenvalue weighted by atomic mass is 32.2. The van der Waals surface area contributed by atoms with Gasteiger partial charge >= 0.3 is 5.97 Å². The van der Waals surface area contributed by atoms with Gasteiger partial charge in [0.1, 0.15) is 0 Å². The van der Waals surface area contributed by atoms with Gasteiger partial charge in [-0.25, -0.2) is 13.2 Å². The zero-order valence-electron chi connectivity index (χ0n) is 13.8. The first kappa shape index (κ1) is 18.0. The van der Waals surface area contributed by atoms with Crippen molar-refractivity contribution in [2.75, 3.05) is 26.3 Å². The lowest BCUT2D eigenvalue weighted by Crippen LogP contribution is -2.40. The fourth-order valence-electron chi connectivity index (χ4n) is 2.97. The first-order valence-electron chi connectivity index (χ1n) is 8.40. The number of nitrogens with zero attached hydrogens (tertiary/aromatic N) is 1. The van der Waals surface area contributed by atoms with Gasteiger partial charge in [-0.3, -0.25) is 4.79 Å². The quantitative estimate of drug-likeness (QED) is 0.747. The Kier molecular flexibility index (Phi) is 5.51. The number of carbonyl (C=O) groups excluding carboxylic acids is 2. The van der Waals surface area contributed by atoms with Crippen molar-refractivity contribution in [1.29, 1.82) is 0 Å². The summed E-state index contributed by atoms with van der Waals surface area (Å²) in [5.74, 6) is -0.651. The molecule has 7 nitrogen and oxygen atoms in total. The molecule has 0 bridgehead atoms. The summed E-state index contributed by atoms with van der Waals surface area (Å²) >= 11 is 0. The molecule has 1 aromatic carbocycles. The van der Waals surface area contributed by atoms with Crippen LogP contribution in [-0.4, -0.2) is 56.9 Å². The molecule has 2 fully saturated rings. The SMILES string of the molecule is O=C(O[C@H]1CCCCC1=O)c1ccc(S(=O)(=O)N2CCOCC2)cc1.